The molecule has 1 unspecified atom stereocenters. The van der Waals surface area contributed by atoms with Gasteiger partial charge in [-0.3, -0.25) is 0 Å². The summed E-state index contributed by atoms with van der Waals surface area (Å²) in [5, 5.41) is 12.7. The Bertz CT molecular complexity index is 85.9. The van der Waals surface area contributed by atoms with Crippen LogP contribution in [0.4, 0.5) is 0 Å². The van der Waals surface area contributed by atoms with Gasteiger partial charge in [-0.25, -0.2) is 0 Å². The third-order valence-electron chi connectivity index (χ3n) is 1.98. The lowest BCUT2D eigenvalue weighted by molar-refractivity contribution is 0.159. The third-order valence-corrected chi connectivity index (χ3v) is 1.98. The predicted molar refractivity (Wildman–Crippen MR) is 53.3 cm³/mol. The standard InChI is InChI=1S/C10H23NO/c1-3-5-7-10(12)9-11-8-6-4-2/h10-12H,3-9H2,1-2H3. The molecule has 1 atom stereocenters. The van der Waals surface area contributed by atoms with Crippen molar-refractivity contribution in [2.45, 2.75) is 52.1 Å². The summed E-state index contributed by atoms with van der Waals surface area (Å²) in [6.45, 7) is 6.13. The molecule has 0 rings (SSSR count). The van der Waals surface area contributed by atoms with Gasteiger partial charge in [0.2, 0.25) is 0 Å². The van der Waals surface area contributed by atoms with Crippen molar-refractivity contribution in [2.75, 3.05) is 13.1 Å². The zero-order chi connectivity index (χ0) is 9.23. The van der Waals surface area contributed by atoms with E-state index < -0.39 is 0 Å². The van der Waals surface area contributed by atoms with Crippen molar-refractivity contribution in [3.05, 3.63) is 0 Å². The van der Waals surface area contributed by atoms with Crippen LogP contribution in [0.25, 0.3) is 0 Å². The Morgan fingerprint density at radius 3 is 2.42 bits per heavy atom. The highest BCUT2D eigenvalue weighted by molar-refractivity contribution is 4.58. The van der Waals surface area contributed by atoms with Crippen molar-refractivity contribution in [1.29, 1.82) is 0 Å². The van der Waals surface area contributed by atoms with Crippen LogP contribution < -0.4 is 5.32 Å². The minimum Gasteiger partial charge on any atom is -0.392 e. The first-order valence-corrected chi connectivity index (χ1v) is 5.20. The first-order valence-electron chi connectivity index (χ1n) is 5.20. The number of unbranched alkanes of at least 4 members (excludes halogenated alkanes) is 2. The van der Waals surface area contributed by atoms with Crippen LogP contribution in [0.15, 0.2) is 0 Å². The van der Waals surface area contributed by atoms with Gasteiger partial charge >= 0.3 is 0 Å². The Balaban J connectivity index is 3.02. The molecule has 0 saturated heterocycles. The summed E-state index contributed by atoms with van der Waals surface area (Å²) in [7, 11) is 0. The number of aliphatic hydroxyl groups is 1. The topological polar surface area (TPSA) is 32.3 Å². The van der Waals surface area contributed by atoms with Gasteiger partial charge in [0.05, 0.1) is 6.10 Å². The summed E-state index contributed by atoms with van der Waals surface area (Å²) < 4.78 is 0. The molecule has 0 radical (unpaired) electrons. The molecule has 2 heteroatoms. The van der Waals surface area contributed by atoms with Crippen LogP contribution in [0.1, 0.15) is 46.0 Å². The van der Waals surface area contributed by atoms with E-state index in [-0.39, 0.29) is 6.10 Å². The Labute approximate surface area is 76.4 Å². The van der Waals surface area contributed by atoms with E-state index in [9.17, 15) is 5.11 Å². The molecule has 0 aromatic rings. The van der Waals surface area contributed by atoms with E-state index in [0.717, 1.165) is 25.9 Å². The summed E-state index contributed by atoms with van der Waals surface area (Å²) in [6, 6.07) is 0. The van der Waals surface area contributed by atoms with Crippen LogP contribution in [0.2, 0.25) is 0 Å². The number of nitrogens with one attached hydrogen (secondary N) is 1. The van der Waals surface area contributed by atoms with Crippen molar-refractivity contribution in [3.63, 3.8) is 0 Å². The van der Waals surface area contributed by atoms with Gasteiger partial charge in [0, 0.05) is 6.54 Å². The maximum absolute atomic E-state index is 9.42. The van der Waals surface area contributed by atoms with Gasteiger partial charge in [0.25, 0.3) is 0 Å². The van der Waals surface area contributed by atoms with E-state index in [2.05, 4.69) is 19.2 Å². The molecule has 12 heavy (non-hydrogen) atoms. The molecule has 0 fully saturated rings. The molecular formula is C10H23NO. The highest BCUT2D eigenvalue weighted by Crippen LogP contribution is 1.98. The smallest absolute Gasteiger partial charge is 0.0664 e. The van der Waals surface area contributed by atoms with Gasteiger partial charge in [0.15, 0.2) is 0 Å². The summed E-state index contributed by atoms with van der Waals surface area (Å²) in [5.74, 6) is 0. The molecular weight excluding hydrogens is 150 g/mol. The number of hydrogen-bond donors (Lipinski definition) is 2. The second-order valence-electron chi connectivity index (χ2n) is 3.35. The van der Waals surface area contributed by atoms with Crippen LogP contribution in [-0.4, -0.2) is 24.3 Å². The molecule has 0 spiro atoms. The molecule has 2 nitrogen and oxygen atoms in total. The fourth-order valence-corrected chi connectivity index (χ4v) is 1.11. The van der Waals surface area contributed by atoms with Gasteiger partial charge in [-0.2, -0.15) is 0 Å². The Hall–Kier alpha value is -0.0800. The summed E-state index contributed by atoms with van der Waals surface area (Å²) in [5.41, 5.74) is 0. The average molecular weight is 173 g/mol. The number of rotatable bonds is 8. The molecule has 0 amide bonds. The minimum absolute atomic E-state index is 0.137. The lowest BCUT2D eigenvalue weighted by atomic mass is 10.1. The zero-order valence-electron chi connectivity index (χ0n) is 8.47. The highest BCUT2D eigenvalue weighted by atomic mass is 16.3. The second-order valence-corrected chi connectivity index (χ2v) is 3.35. The van der Waals surface area contributed by atoms with E-state index in [1.807, 2.05) is 0 Å². The maximum atomic E-state index is 9.42. The summed E-state index contributed by atoms with van der Waals surface area (Å²) in [6.07, 6.45) is 5.54. The maximum Gasteiger partial charge on any atom is 0.0664 e. The van der Waals surface area contributed by atoms with Crippen molar-refractivity contribution >= 4 is 0 Å². The zero-order valence-corrected chi connectivity index (χ0v) is 8.47. The van der Waals surface area contributed by atoms with Crippen LogP contribution >= 0.6 is 0 Å². The first kappa shape index (κ1) is 11.9. The van der Waals surface area contributed by atoms with Crippen LogP contribution in [0.5, 0.6) is 0 Å². The highest BCUT2D eigenvalue weighted by Gasteiger charge is 2.00. The van der Waals surface area contributed by atoms with Crippen LogP contribution in [0, 0.1) is 0 Å². The fraction of sp³-hybridized carbons (Fsp3) is 1.00. The number of hydrogen-bond acceptors (Lipinski definition) is 2. The first-order chi connectivity index (χ1) is 5.81. The lowest BCUT2D eigenvalue weighted by Crippen LogP contribution is -2.27. The molecule has 0 heterocycles. The van der Waals surface area contributed by atoms with Gasteiger partial charge in [0.1, 0.15) is 0 Å². The Kier molecular flexibility index (Phi) is 8.95. The molecule has 0 aliphatic heterocycles. The van der Waals surface area contributed by atoms with E-state index in [1.54, 1.807) is 0 Å². The lowest BCUT2D eigenvalue weighted by Gasteiger charge is -2.10. The quantitative estimate of drug-likeness (QED) is 0.550. The van der Waals surface area contributed by atoms with Crippen LogP contribution in [0.3, 0.4) is 0 Å². The minimum atomic E-state index is -0.137. The Morgan fingerprint density at radius 2 is 1.83 bits per heavy atom. The summed E-state index contributed by atoms with van der Waals surface area (Å²) in [4.78, 5) is 0. The molecule has 0 saturated carbocycles. The molecule has 0 aliphatic carbocycles. The normalized spacial score (nSPS) is 13.2. The van der Waals surface area contributed by atoms with Crippen molar-refractivity contribution in [3.8, 4) is 0 Å². The molecule has 0 aliphatic rings. The molecule has 0 aromatic carbocycles. The second kappa shape index (κ2) is 9.01. The van der Waals surface area contributed by atoms with Crippen molar-refractivity contribution < 1.29 is 5.11 Å². The number of aliphatic hydroxyl groups excluding tert-OH is 1. The predicted octanol–water partition coefficient (Wildman–Crippen LogP) is 1.93. The molecule has 74 valence electrons. The third kappa shape index (κ3) is 8.02. The van der Waals surface area contributed by atoms with Crippen molar-refractivity contribution in [2.24, 2.45) is 0 Å². The fourth-order valence-electron chi connectivity index (χ4n) is 1.11. The van der Waals surface area contributed by atoms with Gasteiger partial charge in [-0.05, 0) is 19.4 Å². The van der Waals surface area contributed by atoms with E-state index in [1.165, 1.54) is 19.3 Å². The van der Waals surface area contributed by atoms with Crippen LogP contribution in [-0.2, 0) is 0 Å². The van der Waals surface area contributed by atoms with Gasteiger partial charge < -0.3 is 10.4 Å². The van der Waals surface area contributed by atoms with E-state index >= 15 is 0 Å². The Morgan fingerprint density at radius 1 is 1.17 bits per heavy atom. The average Bonchev–Trinajstić information content (AvgIpc) is 2.09. The van der Waals surface area contributed by atoms with Gasteiger partial charge in [-0.15, -0.1) is 0 Å². The molecule has 0 bridgehead atoms. The monoisotopic (exact) mass is 173 g/mol. The van der Waals surface area contributed by atoms with Gasteiger partial charge in [-0.1, -0.05) is 33.1 Å². The SMILES string of the molecule is CCCCNCC(O)CCCC. The van der Waals surface area contributed by atoms with E-state index in [4.69, 9.17) is 0 Å². The molecule has 2 N–H and O–H groups in total. The molecule has 0 aromatic heterocycles. The summed E-state index contributed by atoms with van der Waals surface area (Å²) >= 11 is 0. The van der Waals surface area contributed by atoms with E-state index in [0.29, 0.717) is 0 Å². The largest absolute Gasteiger partial charge is 0.392 e. The van der Waals surface area contributed by atoms with Crippen molar-refractivity contribution in [1.82, 2.24) is 5.32 Å².